The normalized spacial score (nSPS) is 13.7. The zero-order valence-corrected chi connectivity index (χ0v) is 12.1. The van der Waals surface area contributed by atoms with Gasteiger partial charge in [0.05, 0.1) is 0 Å². The molecule has 0 saturated heterocycles. The molecule has 3 heteroatoms. The van der Waals surface area contributed by atoms with E-state index >= 15 is 0 Å². The fourth-order valence-corrected chi connectivity index (χ4v) is 3.21. The van der Waals surface area contributed by atoms with Gasteiger partial charge in [-0.3, -0.25) is 0 Å². The second kappa shape index (κ2) is 6.66. The van der Waals surface area contributed by atoms with Crippen LogP contribution in [0.15, 0.2) is 16.8 Å². The highest BCUT2D eigenvalue weighted by molar-refractivity contribution is 9.09. The molecule has 1 aromatic rings. The first kappa shape index (κ1) is 13.2. The minimum atomic E-state index is 0.744. The van der Waals surface area contributed by atoms with Crippen molar-refractivity contribution < 1.29 is 0 Å². The average molecular weight is 290 g/mol. The maximum atomic E-state index is 3.60. The monoisotopic (exact) mass is 289 g/mol. The molecule has 0 aliphatic heterocycles. The standard InChI is InChI=1S/C12H20BrNS/c1-10(2)12(6-13)8-14(3)7-11-4-5-15-9-11/h4-5,9-10,12H,6-8H2,1-3H3. The Morgan fingerprint density at radius 2 is 2.20 bits per heavy atom. The van der Waals surface area contributed by atoms with Gasteiger partial charge in [-0.25, -0.2) is 0 Å². The van der Waals surface area contributed by atoms with Crippen LogP contribution in [0.25, 0.3) is 0 Å². The summed E-state index contributed by atoms with van der Waals surface area (Å²) in [5.41, 5.74) is 1.43. The first-order chi connectivity index (χ1) is 7.13. The van der Waals surface area contributed by atoms with Crippen LogP contribution in [0.5, 0.6) is 0 Å². The van der Waals surface area contributed by atoms with Crippen LogP contribution in [0.4, 0.5) is 0 Å². The van der Waals surface area contributed by atoms with E-state index in [0.717, 1.165) is 23.7 Å². The van der Waals surface area contributed by atoms with Gasteiger partial charge in [0, 0.05) is 18.4 Å². The number of thiophene rings is 1. The molecule has 1 aromatic heterocycles. The summed E-state index contributed by atoms with van der Waals surface area (Å²) >= 11 is 5.37. The van der Waals surface area contributed by atoms with Gasteiger partial charge in [-0.1, -0.05) is 29.8 Å². The van der Waals surface area contributed by atoms with E-state index in [1.54, 1.807) is 11.3 Å². The van der Waals surface area contributed by atoms with Crippen molar-refractivity contribution in [2.75, 3.05) is 18.9 Å². The Balaban J connectivity index is 2.37. The van der Waals surface area contributed by atoms with E-state index in [0.29, 0.717) is 0 Å². The minimum Gasteiger partial charge on any atom is -0.302 e. The van der Waals surface area contributed by atoms with Crippen molar-refractivity contribution in [2.45, 2.75) is 20.4 Å². The van der Waals surface area contributed by atoms with E-state index in [-0.39, 0.29) is 0 Å². The highest BCUT2D eigenvalue weighted by Crippen LogP contribution is 2.16. The summed E-state index contributed by atoms with van der Waals surface area (Å²) in [7, 11) is 2.20. The predicted octanol–water partition coefficient (Wildman–Crippen LogP) is 3.85. The molecule has 0 amide bonds. The summed E-state index contributed by atoms with van der Waals surface area (Å²) in [5.74, 6) is 1.49. The van der Waals surface area contributed by atoms with Crippen LogP contribution >= 0.6 is 27.3 Å². The van der Waals surface area contributed by atoms with E-state index in [4.69, 9.17) is 0 Å². The lowest BCUT2D eigenvalue weighted by molar-refractivity contribution is 0.247. The van der Waals surface area contributed by atoms with Gasteiger partial charge in [0.25, 0.3) is 0 Å². The molecule has 0 aliphatic rings. The summed E-state index contributed by atoms with van der Waals surface area (Å²) in [6.45, 7) is 6.83. The number of hydrogen-bond donors (Lipinski definition) is 0. The van der Waals surface area contributed by atoms with Gasteiger partial charge in [-0.05, 0) is 41.3 Å². The predicted molar refractivity (Wildman–Crippen MR) is 72.8 cm³/mol. The van der Waals surface area contributed by atoms with E-state index in [1.165, 1.54) is 12.1 Å². The molecule has 0 fully saturated rings. The molecule has 0 N–H and O–H groups in total. The van der Waals surface area contributed by atoms with Crippen molar-refractivity contribution in [1.29, 1.82) is 0 Å². The minimum absolute atomic E-state index is 0.744. The highest BCUT2D eigenvalue weighted by atomic mass is 79.9. The Hall–Kier alpha value is 0.140. The van der Waals surface area contributed by atoms with Crippen molar-refractivity contribution in [1.82, 2.24) is 4.90 Å². The van der Waals surface area contributed by atoms with E-state index in [9.17, 15) is 0 Å². The molecule has 0 aliphatic carbocycles. The van der Waals surface area contributed by atoms with Crippen LogP contribution in [-0.2, 0) is 6.54 Å². The summed E-state index contributed by atoms with van der Waals surface area (Å²) in [6, 6.07) is 2.21. The van der Waals surface area contributed by atoms with Gasteiger partial charge in [-0.15, -0.1) is 0 Å². The Morgan fingerprint density at radius 1 is 1.47 bits per heavy atom. The van der Waals surface area contributed by atoms with Gasteiger partial charge in [0.2, 0.25) is 0 Å². The van der Waals surface area contributed by atoms with E-state index in [1.807, 2.05) is 0 Å². The lowest BCUT2D eigenvalue weighted by Gasteiger charge is -2.25. The molecule has 1 rings (SSSR count). The molecule has 1 nitrogen and oxygen atoms in total. The Labute approximate surface area is 106 Å². The maximum absolute atomic E-state index is 3.60. The smallest absolute Gasteiger partial charge is 0.0239 e. The largest absolute Gasteiger partial charge is 0.302 e. The topological polar surface area (TPSA) is 3.24 Å². The molecule has 0 bridgehead atoms. The number of halogens is 1. The van der Waals surface area contributed by atoms with E-state index < -0.39 is 0 Å². The Bertz CT molecular complexity index is 259. The zero-order valence-electron chi connectivity index (χ0n) is 9.74. The van der Waals surface area contributed by atoms with Crippen LogP contribution in [-0.4, -0.2) is 23.8 Å². The second-order valence-corrected chi connectivity index (χ2v) is 5.91. The fraction of sp³-hybridized carbons (Fsp3) is 0.667. The Morgan fingerprint density at radius 3 is 2.67 bits per heavy atom. The lowest BCUT2D eigenvalue weighted by atomic mass is 9.97. The Kier molecular flexibility index (Phi) is 5.87. The van der Waals surface area contributed by atoms with E-state index in [2.05, 4.69) is 58.6 Å². The third kappa shape index (κ3) is 4.66. The van der Waals surface area contributed by atoms with Gasteiger partial charge >= 0.3 is 0 Å². The van der Waals surface area contributed by atoms with Crippen LogP contribution in [0.1, 0.15) is 19.4 Å². The van der Waals surface area contributed by atoms with Crippen LogP contribution in [0.2, 0.25) is 0 Å². The molecule has 1 atom stereocenters. The molecule has 86 valence electrons. The quantitative estimate of drug-likeness (QED) is 0.719. The second-order valence-electron chi connectivity index (χ2n) is 4.49. The van der Waals surface area contributed by atoms with Crippen LogP contribution < -0.4 is 0 Å². The molecular weight excluding hydrogens is 270 g/mol. The SMILES string of the molecule is CC(C)C(CBr)CN(C)Cc1ccsc1. The molecule has 0 saturated carbocycles. The molecule has 1 unspecified atom stereocenters. The lowest BCUT2D eigenvalue weighted by Crippen LogP contribution is -2.29. The van der Waals surface area contributed by atoms with Crippen molar-refractivity contribution in [3.8, 4) is 0 Å². The fourth-order valence-electron chi connectivity index (χ4n) is 1.60. The van der Waals surface area contributed by atoms with Crippen molar-refractivity contribution >= 4 is 27.3 Å². The van der Waals surface area contributed by atoms with Gasteiger partial charge in [0.1, 0.15) is 0 Å². The average Bonchev–Trinajstić information content (AvgIpc) is 2.66. The number of rotatable bonds is 6. The number of nitrogens with zero attached hydrogens (tertiary/aromatic N) is 1. The maximum Gasteiger partial charge on any atom is 0.0239 e. The molecule has 0 radical (unpaired) electrons. The summed E-state index contributed by atoms with van der Waals surface area (Å²) in [6.07, 6.45) is 0. The van der Waals surface area contributed by atoms with Crippen LogP contribution in [0.3, 0.4) is 0 Å². The van der Waals surface area contributed by atoms with Crippen molar-refractivity contribution in [2.24, 2.45) is 11.8 Å². The third-order valence-corrected chi connectivity index (χ3v) is 4.28. The molecule has 0 aromatic carbocycles. The molecule has 1 heterocycles. The number of hydrogen-bond acceptors (Lipinski definition) is 2. The first-order valence-electron chi connectivity index (χ1n) is 5.39. The van der Waals surface area contributed by atoms with Gasteiger partial charge in [-0.2, -0.15) is 11.3 Å². The molecular formula is C12H20BrNS. The summed E-state index contributed by atoms with van der Waals surface area (Å²) in [5, 5.41) is 5.47. The molecule has 15 heavy (non-hydrogen) atoms. The first-order valence-corrected chi connectivity index (χ1v) is 7.45. The third-order valence-electron chi connectivity index (χ3n) is 2.72. The van der Waals surface area contributed by atoms with Crippen molar-refractivity contribution in [3.05, 3.63) is 22.4 Å². The summed E-state index contributed by atoms with van der Waals surface area (Å²) < 4.78 is 0. The van der Waals surface area contributed by atoms with Crippen LogP contribution in [0, 0.1) is 11.8 Å². The van der Waals surface area contributed by atoms with Crippen molar-refractivity contribution in [3.63, 3.8) is 0 Å². The van der Waals surface area contributed by atoms with Gasteiger partial charge in [0.15, 0.2) is 0 Å². The van der Waals surface area contributed by atoms with Gasteiger partial charge < -0.3 is 4.90 Å². The highest BCUT2D eigenvalue weighted by Gasteiger charge is 2.14. The summed E-state index contributed by atoms with van der Waals surface area (Å²) in [4.78, 5) is 2.41. The zero-order chi connectivity index (χ0) is 11.3. The number of alkyl halides is 1. The molecule has 0 spiro atoms.